The highest BCUT2D eigenvalue weighted by molar-refractivity contribution is 9.10. The van der Waals surface area contributed by atoms with Crippen molar-refractivity contribution < 1.29 is 33.6 Å². The summed E-state index contributed by atoms with van der Waals surface area (Å²) in [7, 11) is 3.06. The Kier molecular flexibility index (Phi) is 10.3. The Hall–Kier alpha value is -5.46. The number of ether oxygens (including phenoxy) is 4. The number of carboxylic acid groups (broad SMARTS) is 1. The molecule has 0 amide bonds. The molecule has 1 N–H and O–H groups in total. The Morgan fingerprint density at radius 2 is 1.66 bits per heavy atom. The Labute approximate surface area is 299 Å². The molecule has 0 spiro atoms. The Morgan fingerprint density at radius 1 is 0.940 bits per heavy atom. The number of carbonyl (C=O) groups excluding carboxylic acids is 1. The second-order valence-corrected chi connectivity index (χ2v) is 12.9. The van der Waals surface area contributed by atoms with Crippen LogP contribution >= 0.6 is 27.3 Å². The lowest BCUT2D eigenvalue weighted by atomic mass is 9.93. The van der Waals surface area contributed by atoms with Gasteiger partial charge in [0.05, 0.1) is 52.7 Å². The second kappa shape index (κ2) is 15.0. The van der Waals surface area contributed by atoms with Crippen LogP contribution in [0.25, 0.3) is 11.8 Å². The fourth-order valence-electron chi connectivity index (χ4n) is 5.56. The third-order valence-electron chi connectivity index (χ3n) is 7.95. The highest BCUT2D eigenvalue weighted by Crippen LogP contribution is 2.38. The van der Waals surface area contributed by atoms with E-state index in [0.29, 0.717) is 47.9 Å². The zero-order valence-electron chi connectivity index (χ0n) is 27.2. The molecule has 0 bridgehead atoms. The van der Waals surface area contributed by atoms with Crippen LogP contribution in [-0.2, 0) is 16.1 Å². The molecule has 12 heteroatoms. The van der Waals surface area contributed by atoms with Crippen LogP contribution in [-0.4, -0.2) is 42.4 Å². The number of methoxy groups -OCH3 is 2. The molecular formula is C38H31BrN2O8S. The summed E-state index contributed by atoms with van der Waals surface area (Å²) in [4.78, 5) is 44.5. The molecule has 6 rings (SSSR count). The highest BCUT2D eigenvalue weighted by atomic mass is 79.9. The van der Waals surface area contributed by atoms with Crippen molar-refractivity contribution in [1.29, 1.82) is 0 Å². The number of nitrogens with zero attached hydrogens (tertiary/aromatic N) is 2. The standard InChI is InChI=1S/C38H31BrN2O8S/c1-4-48-37(45)32-33(24-8-6-5-7-9-24)40-38-41(34(32)26-15-17-29(46-2)30(20-26)47-3)35(42)31(50-38)19-23-12-16-28(27(39)18-23)49-21-22-10-13-25(14-11-22)36(43)44/h5-20,34H,4,21H2,1-3H3,(H,43,44)/b31-19+/t34-/m1/s1. The largest absolute Gasteiger partial charge is 0.493 e. The molecule has 10 nitrogen and oxygen atoms in total. The summed E-state index contributed by atoms with van der Waals surface area (Å²) in [5, 5.41) is 9.14. The van der Waals surface area contributed by atoms with E-state index in [1.54, 1.807) is 49.4 Å². The van der Waals surface area contributed by atoms with E-state index in [0.717, 1.165) is 11.1 Å². The highest BCUT2D eigenvalue weighted by Gasteiger charge is 2.35. The maximum atomic E-state index is 14.3. The van der Waals surface area contributed by atoms with Crippen molar-refractivity contribution >= 4 is 51.0 Å². The van der Waals surface area contributed by atoms with Crippen molar-refractivity contribution in [2.24, 2.45) is 4.99 Å². The Morgan fingerprint density at radius 3 is 2.32 bits per heavy atom. The van der Waals surface area contributed by atoms with Crippen LogP contribution in [0.1, 0.15) is 45.6 Å². The van der Waals surface area contributed by atoms with E-state index in [4.69, 9.17) is 29.0 Å². The molecule has 0 radical (unpaired) electrons. The summed E-state index contributed by atoms with van der Waals surface area (Å²) in [5.74, 6) is -0.0519. The summed E-state index contributed by atoms with van der Waals surface area (Å²) < 4.78 is 25.2. The van der Waals surface area contributed by atoms with Gasteiger partial charge in [0.2, 0.25) is 0 Å². The normalized spacial score (nSPS) is 14.1. The summed E-state index contributed by atoms with van der Waals surface area (Å²) >= 11 is 4.79. The first kappa shape index (κ1) is 34.4. The lowest BCUT2D eigenvalue weighted by Crippen LogP contribution is -2.40. The number of aromatic nitrogens is 1. The number of thiazole rings is 1. The van der Waals surface area contributed by atoms with E-state index >= 15 is 0 Å². The van der Waals surface area contributed by atoms with Crippen molar-refractivity contribution in [3.8, 4) is 17.2 Å². The van der Waals surface area contributed by atoms with Crippen molar-refractivity contribution in [1.82, 2.24) is 4.57 Å². The van der Waals surface area contributed by atoms with Crippen molar-refractivity contribution in [2.45, 2.75) is 19.6 Å². The fourth-order valence-corrected chi connectivity index (χ4v) is 7.07. The monoisotopic (exact) mass is 754 g/mol. The minimum absolute atomic E-state index is 0.138. The summed E-state index contributed by atoms with van der Waals surface area (Å²) in [6, 6.07) is 25.7. The molecule has 1 aliphatic heterocycles. The Bertz CT molecular complexity index is 2300. The van der Waals surface area contributed by atoms with E-state index in [1.807, 2.05) is 42.5 Å². The third-order valence-corrected chi connectivity index (χ3v) is 9.55. The molecule has 50 heavy (non-hydrogen) atoms. The number of rotatable bonds is 11. The van der Waals surface area contributed by atoms with Crippen LogP contribution in [0.3, 0.4) is 0 Å². The zero-order chi connectivity index (χ0) is 35.4. The second-order valence-electron chi connectivity index (χ2n) is 11.0. The molecule has 0 unspecified atom stereocenters. The van der Waals surface area contributed by atoms with Gasteiger partial charge >= 0.3 is 11.9 Å². The zero-order valence-corrected chi connectivity index (χ0v) is 29.6. The quantitative estimate of drug-likeness (QED) is 0.163. The lowest BCUT2D eigenvalue weighted by Gasteiger charge is -2.26. The molecule has 1 aliphatic rings. The molecule has 254 valence electrons. The maximum Gasteiger partial charge on any atom is 0.338 e. The van der Waals surface area contributed by atoms with Gasteiger partial charge in [-0.2, -0.15) is 0 Å². The third kappa shape index (κ3) is 6.98. The van der Waals surface area contributed by atoms with Gasteiger partial charge in [-0.25, -0.2) is 14.6 Å². The van der Waals surface area contributed by atoms with Gasteiger partial charge in [0.15, 0.2) is 16.3 Å². The van der Waals surface area contributed by atoms with Crippen LogP contribution < -0.4 is 29.1 Å². The molecule has 2 heterocycles. The fraction of sp³-hybridized carbons (Fsp3) is 0.158. The van der Waals surface area contributed by atoms with E-state index in [-0.39, 0.29) is 29.9 Å². The summed E-state index contributed by atoms with van der Waals surface area (Å²) in [6.07, 6.45) is 1.77. The van der Waals surface area contributed by atoms with Gasteiger partial charge in [0.25, 0.3) is 5.56 Å². The average molecular weight is 756 g/mol. The molecular weight excluding hydrogens is 724 g/mol. The smallest absolute Gasteiger partial charge is 0.338 e. The first-order valence-corrected chi connectivity index (χ1v) is 17.1. The minimum Gasteiger partial charge on any atom is -0.493 e. The molecule has 0 fully saturated rings. The predicted molar refractivity (Wildman–Crippen MR) is 192 cm³/mol. The van der Waals surface area contributed by atoms with Crippen molar-refractivity contribution in [3.05, 3.63) is 149 Å². The van der Waals surface area contributed by atoms with Crippen LogP contribution in [0.2, 0.25) is 0 Å². The Balaban J connectivity index is 1.44. The van der Waals surface area contributed by atoms with Crippen molar-refractivity contribution in [3.63, 3.8) is 0 Å². The number of hydrogen-bond donors (Lipinski definition) is 1. The number of benzene rings is 4. The number of carboxylic acids is 1. The van der Waals surface area contributed by atoms with E-state index in [9.17, 15) is 14.4 Å². The van der Waals surface area contributed by atoms with Gasteiger partial charge in [-0.3, -0.25) is 9.36 Å². The number of carbonyl (C=O) groups is 2. The first-order chi connectivity index (χ1) is 24.2. The van der Waals surface area contributed by atoms with Crippen LogP contribution in [0.5, 0.6) is 17.2 Å². The van der Waals surface area contributed by atoms with E-state index in [1.165, 1.54) is 42.3 Å². The van der Waals surface area contributed by atoms with E-state index < -0.39 is 18.0 Å². The number of esters is 1. The SMILES string of the molecule is CCOC(=O)C1=C(c2ccccc2)N=c2s/c(=C/c3ccc(OCc4ccc(C(=O)O)cc4)c(Br)c3)c(=O)n2[C@@H]1c1ccc(OC)c(OC)c1. The first-order valence-electron chi connectivity index (χ1n) is 15.5. The van der Waals surface area contributed by atoms with Gasteiger partial charge in [0.1, 0.15) is 12.4 Å². The lowest BCUT2D eigenvalue weighted by molar-refractivity contribution is -0.138. The van der Waals surface area contributed by atoms with Crippen LogP contribution in [0.15, 0.2) is 111 Å². The van der Waals surface area contributed by atoms with Gasteiger partial charge in [-0.15, -0.1) is 0 Å². The van der Waals surface area contributed by atoms with Crippen molar-refractivity contribution in [2.75, 3.05) is 20.8 Å². The average Bonchev–Trinajstić information content (AvgIpc) is 3.44. The maximum absolute atomic E-state index is 14.3. The van der Waals surface area contributed by atoms with Gasteiger partial charge in [-0.05, 0) is 82.0 Å². The van der Waals surface area contributed by atoms with Crippen LogP contribution in [0.4, 0.5) is 0 Å². The summed E-state index contributed by atoms with van der Waals surface area (Å²) in [6.45, 7) is 2.10. The topological polar surface area (TPSA) is 126 Å². The van der Waals surface area contributed by atoms with Gasteiger partial charge in [-0.1, -0.05) is 65.9 Å². The molecule has 4 aromatic carbocycles. The molecule has 0 saturated heterocycles. The molecule has 0 saturated carbocycles. The van der Waals surface area contributed by atoms with E-state index in [2.05, 4.69) is 15.9 Å². The van der Waals surface area contributed by atoms with Gasteiger partial charge < -0.3 is 24.1 Å². The number of halogens is 1. The molecule has 5 aromatic rings. The number of aromatic carboxylic acids is 1. The predicted octanol–water partition coefficient (Wildman–Crippen LogP) is 5.99. The van der Waals surface area contributed by atoms with Gasteiger partial charge in [0, 0.05) is 5.56 Å². The minimum atomic E-state index is -0.990. The van der Waals surface area contributed by atoms with Crippen LogP contribution in [0, 0.1) is 0 Å². The molecule has 0 aliphatic carbocycles. The number of hydrogen-bond acceptors (Lipinski definition) is 9. The number of fused-ring (bicyclic) bond motifs is 1. The molecule has 1 atom stereocenters. The summed E-state index contributed by atoms with van der Waals surface area (Å²) in [5.41, 5.74) is 3.38. The molecule has 1 aromatic heterocycles.